The Balaban J connectivity index is 2.03. The van der Waals surface area contributed by atoms with Gasteiger partial charge >= 0.3 is 0 Å². The average Bonchev–Trinajstić information content (AvgIpc) is 2.55. The third kappa shape index (κ3) is 2.99. The molecule has 18 heavy (non-hydrogen) atoms. The smallest absolute Gasteiger partial charge is 0.211 e. The number of carbonyl (C=O) groups is 1. The fourth-order valence-electron chi connectivity index (χ4n) is 1.91. The summed E-state index contributed by atoms with van der Waals surface area (Å²) in [6.07, 6.45) is -0.307. The van der Waals surface area contributed by atoms with Crippen molar-refractivity contribution in [3.63, 3.8) is 0 Å². The highest BCUT2D eigenvalue weighted by atomic mass is 32.2. The van der Waals surface area contributed by atoms with Crippen LogP contribution in [0.25, 0.3) is 0 Å². The van der Waals surface area contributed by atoms with E-state index in [0.717, 1.165) is 0 Å². The molecule has 1 heterocycles. The molecule has 1 amide bonds. The lowest BCUT2D eigenvalue weighted by atomic mass is 10.2. The van der Waals surface area contributed by atoms with E-state index in [9.17, 15) is 18.3 Å². The largest absolute Gasteiger partial charge is 0.390 e. The van der Waals surface area contributed by atoms with E-state index < -0.39 is 22.0 Å². The van der Waals surface area contributed by atoms with Gasteiger partial charge in [-0.2, -0.15) is 0 Å². The van der Waals surface area contributed by atoms with Crippen LogP contribution in [-0.2, 0) is 14.6 Å². The van der Waals surface area contributed by atoms with Crippen LogP contribution < -0.4 is 10.6 Å². The van der Waals surface area contributed by atoms with Crippen LogP contribution in [0.3, 0.4) is 0 Å². The number of rotatable bonds is 4. The van der Waals surface area contributed by atoms with Crippen LogP contribution >= 0.6 is 0 Å². The fourth-order valence-corrected chi connectivity index (χ4v) is 3.65. The molecule has 1 aromatic rings. The van der Waals surface area contributed by atoms with Crippen LogP contribution in [0.4, 0.5) is 11.4 Å². The second-order valence-electron chi connectivity index (χ2n) is 4.23. The van der Waals surface area contributed by atoms with Gasteiger partial charge in [-0.25, -0.2) is 8.42 Å². The van der Waals surface area contributed by atoms with Gasteiger partial charge in [-0.15, -0.1) is 0 Å². The van der Waals surface area contributed by atoms with Crippen molar-refractivity contribution in [1.29, 1.82) is 0 Å². The summed E-state index contributed by atoms with van der Waals surface area (Å²) in [5.41, 5.74) is 1.35. The van der Waals surface area contributed by atoms with E-state index in [-0.39, 0.29) is 11.5 Å². The van der Waals surface area contributed by atoms with E-state index >= 15 is 0 Å². The first kappa shape index (κ1) is 12.8. The third-order valence-electron chi connectivity index (χ3n) is 2.79. The molecule has 3 N–H and O–H groups in total. The second-order valence-corrected chi connectivity index (χ2v) is 6.39. The van der Waals surface area contributed by atoms with Crippen molar-refractivity contribution in [2.45, 2.75) is 12.1 Å². The molecule has 2 atom stereocenters. The molecule has 1 aliphatic heterocycles. The molecule has 0 spiro atoms. The lowest BCUT2D eigenvalue weighted by Gasteiger charge is -2.16. The summed E-state index contributed by atoms with van der Waals surface area (Å²) in [5, 5.41) is 15.1. The van der Waals surface area contributed by atoms with E-state index in [1.807, 2.05) is 0 Å². The summed E-state index contributed by atoms with van der Waals surface area (Å²) in [7, 11) is -3.15. The topological polar surface area (TPSA) is 95.5 Å². The molecule has 6 nitrogen and oxygen atoms in total. The molecule has 0 bridgehead atoms. The van der Waals surface area contributed by atoms with Crippen LogP contribution in [-0.4, -0.2) is 43.6 Å². The lowest BCUT2D eigenvalue weighted by Crippen LogP contribution is -2.31. The molecule has 1 aromatic carbocycles. The van der Waals surface area contributed by atoms with E-state index in [2.05, 4.69) is 10.6 Å². The molecule has 1 aliphatic rings. The summed E-state index contributed by atoms with van der Waals surface area (Å²) in [6, 6.07) is 6.31. The van der Waals surface area contributed by atoms with Crippen molar-refractivity contribution in [3.8, 4) is 0 Å². The molecule has 0 saturated carbocycles. The third-order valence-corrected chi connectivity index (χ3v) is 4.50. The Labute approximate surface area is 105 Å². The van der Waals surface area contributed by atoms with Crippen LogP contribution in [0.2, 0.25) is 0 Å². The summed E-state index contributed by atoms with van der Waals surface area (Å²) in [4.78, 5) is 10.2. The van der Waals surface area contributed by atoms with E-state index in [1.54, 1.807) is 24.3 Å². The fraction of sp³-hybridized carbons (Fsp3) is 0.364. The average molecular weight is 270 g/mol. The number of amides is 1. The number of anilines is 2. The number of aliphatic hydroxyl groups excluding tert-OH is 1. The molecule has 0 aliphatic carbocycles. The van der Waals surface area contributed by atoms with Gasteiger partial charge < -0.3 is 15.7 Å². The molecule has 2 rings (SSSR count). The minimum absolute atomic E-state index is 0.0670. The summed E-state index contributed by atoms with van der Waals surface area (Å²) >= 11 is 0. The van der Waals surface area contributed by atoms with Gasteiger partial charge in [-0.1, -0.05) is 0 Å². The molecule has 0 aromatic heterocycles. The highest BCUT2D eigenvalue weighted by Gasteiger charge is 2.36. The molecule has 1 fully saturated rings. The Bertz CT molecular complexity index is 526. The first-order valence-corrected chi connectivity index (χ1v) is 7.27. The van der Waals surface area contributed by atoms with Crippen molar-refractivity contribution >= 4 is 27.6 Å². The highest BCUT2D eigenvalue weighted by Crippen LogP contribution is 2.19. The van der Waals surface area contributed by atoms with Crippen molar-refractivity contribution in [3.05, 3.63) is 24.3 Å². The molecule has 98 valence electrons. The van der Waals surface area contributed by atoms with Gasteiger partial charge in [0.05, 0.1) is 23.7 Å². The number of hydrogen-bond acceptors (Lipinski definition) is 5. The molecule has 2 unspecified atom stereocenters. The van der Waals surface area contributed by atoms with Gasteiger partial charge in [-0.05, 0) is 24.3 Å². The number of hydrogen-bond donors (Lipinski definition) is 3. The zero-order chi connectivity index (χ0) is 13.2. The molecule has 7 heteroatoms. The predicted molar refractivity (Wildman–Crippen MR) is 68.2 cm³/mol. The Morgan fingerprint density at radius 1 is 1.17 bits per heavy atom. The van der Waals surface area contributed by atoms with E-state index in [1.165, 1.54) is 0 Å². The van der Waals surface area contributed by atoms with Gasteiger partial charge in [-0.3, -0.25) is 4.79 Å². The first-order valence-electron chi connectivity index (χ1n) is 5.45. The molecule has 0 radical (unpaired) electrons. The highest BCUT2D eigenvalue weighted by molar-refractivity contribution is 7.91. The van der Waals surface area contributed by atoms with Gasteiger partial charge in [0.1, 0.15) is 0 Å². The van der Waals surface area contributed by atoms with Crippen LogP contribution in [0.1, 0.15) is 0 Å². The maximum absolute atomic E-state index is 11.3. The lowest BCUT2D eigenvalue weighted by molar-refractivity contribution is -0.105. The standard InChI is InChI=1S/C11H14N2O4S/c14-7-12-8-1-3-9(4-2-8)13-10-5-18(16,17)6-11(10)15/h1-4,7,10-11,13,15H,5-6H2,(H,12,14). The SMILES string of the molecule is O=CNc1ccc(NC2CS(=O)(=O)CC2O)cc1. The second kappa shape index (κ2) is 4.95. The van der Waals surface area contributed by atoms with Crippen molar-refractivity contribution in [2.24, 2.45) is 0 Å². The molecule has 1 saturated heterocycles. The molecular weight excluding hydrogens is 256 g/mol. The number of sulfone groups is 1. The Hall–Kier alpha value is -1.60. The number of benzene rings is 1. The predicted octanol–water partition coefficient (Wildman–Crippen LogP) is -0.175. The zero-order valence-corrected chi connectivity index (χ0v) is 10.4. The van der Waals surface area contributed by atoms with Gasteiger partial charge in [0.25, 0.3) is 0 Å². The summed E-state index contributed by atoms with van der Waals surface area (Å²) < 4.78 is 22.7. The monoisotopic (exact) mass is 270 g/mol. The normalized spacial score (nSPS) is 25.6. The summed E-state index contributed by atoms with van der Waals surface area (Å²) in [5.74, 6) is -0.266. The Morgan fingerprint density at radius 2 is 1.78 bits per heavy atom. The maximum Gasteiger partial charge on any atom is 0.211 e. The van der Waals surface area contributed by atoms with Crippen molar-refractivity contribution < 1.29 is 18.3 Å². The number of nitrogens with one attached hydrogen (secondary N) is 2. The van der Waals surface area contributed by atoms with Crippen LogP contribution in [0.5, 0.6) is 0 Å². The maximum atomic E-state index is 11.3. The minimum atomic E-state index is -3.15. The Morgan fingerprint density at radius 3 is 2.28 bits per heavy atom. The van der Waals surface area contributed by atoms with Gasteiger partial charge in [0, 0.05) is 11.4 Å². The van der Waals surface area contributed by atoms with E-state index in [4.69, 9.17) is 0 Å². The number of aliphatic hydroxyl groups is 1. The van der Waals surface area contributed by atoms with E-state index in [0.29, 0.717) is 17.8 Å². The minimum Gasteiger partial charge on any atom is -0.390 e. The van der Waals surface area contributed by atoms with Crippen molar-refractivity contribution in [2.75, 3.05) is 22.1 Å². The quantitative estimate of drug-likeness (QED) is 0.660. The molecular formula is C11H14N2O4S. The van der Waals surface area contributed by atoms with Crippen LogP contribution in [0, 0.1) is 0 Å². The first-order chi connectivity index (χ1) is 8.50. The van der Waals surface area contributed by atoms with Crippen LogP contribution in [0.15, 0.2) is 24.3 Å². The van der Waals surface area contributed by atoms with Gasteiger partial charge in [0.2, 0.25) is 6.41 Å². The van der Waals surface area contributed by atoms with Gasteiger partial charge in [0.15, 0.2) is 9.84 Å². The number of carbonyl (C=O) groups excluding carboxylic acids is 1. The summed E-state index contributed by atoms with van der Waals surface area (Å²) in [6.45, 7) is 0. The van der Waals surface area contributed by atoms with Crippen molar-refractivity contribution in [1.82, 2.24) is 0 Å². The Kier molecular flexibility index (Phi) is 3.53. The zero-order valence-electron chi connectivity index (χ0n) is 9.54.